The lowest BCUT2D eigenvalue weighted by atomic mass is 10.1. The molecule has 0 N–H and O–H groups in total. The van der Waals surface area contributed by atoms with E-state index in [1.165, 1.54) is 25.3 Å². The highest BCUT2D eigenvalue weighted by atomic mass is 19.4. The van der Waals surface area contributed by atoms with Gasteiger partial charge in [-0.3, -0.25) is 0 Å². The van der Waals surface area contributed by atoms with E-state index in [4.69, 9.17) is 4.74 Å². The van der Waals surface area contributed by atoms with E-state index in [1.54, 1.807) is 24.3 Å². The van der Waals surface area contributed by atoms with Crippen LogP contribution in [0.25, 0.3) is 21.7 Å². The summed E-state index contributed by atoms with van der Waals surface area (Å²) in [5.41, 5.74) is 0.644. The fourth-order valence-corrected chi connectivity index (χ4v) is 2.25. The van der Waals surface area contributed by atoms with Crippen molar-refractivity contribution in [3.8, 4) is 11.6 Å². The quantitative estimate of drug-likeness (QED) is 0.660. The monoisotopic (exact) mass is 293 g/mol. The molecule has 3 rings (SSSR count). The van der Waals surface area contributed by atoms with Crippen LogP contribution in [0.2, 0.25) is 0 Å². The van der Waals surface area contributed by atoms with Crippen molar-refractivity contribution >= 4 is 21.7 Å². The normalized spacial score (nSPS) is 11.8. The van der Waals surface area contributed by atoms with Crippen LogP contribution in [-0.2, 0) is 0 Å². The molecule has 0 spiro atoms. The molecule has 21 heavy (non-hydrogen) atoms. The second kappa shape index (κ2) is 4.80. The molecule has 0 saturated carbocycles. The van der Waals surface area contributed by atoms with E-state index in [1.807, 2.05) is 0 Å². The number of rotatable bonds is 2. The van der Waals surface area contributed by atoms with Crippen LogP contribution in [0, 0.1) is 0 Å². The molecule has 0 saturated heterocycles. The summed E-state index contributed by atoms with van der Waals surface area (Å²) < 4.78 is 46.2. The molecule has 0 aliphatic rings. The van der Waals surface area contributed by atoms with Crippen molar-refractivity contribution in [2.45, 2.75) is 6.36 Å². The standard InChI is InChI=1S/C15H10F3NO2/c1-20-14-11-7-6-9(21-15(16,17)18)8-12(11)10-4-2-3-5-13(10)19-14/h2-8H,1H3. The molecule has 0 fully saturated rings. The number of alkyl halides is 3. The molecule has 108 valence electrons. The van der Waals surface area contributed by atoms with Crippen molar-refractivity contribution in [1.82, 2.24) is 4.98 Å². The summed E-state index contributed by atoms with van der Waals surface area (Å²) in [4.78, 5) is 4.34. The number of nitrogens with zero attached hydrogens (tertiary/aromatic N) is 1. The molecule has 2 aromatic carbocycles. The van der Waals surface area contributed by atoms with Gasteiger partial charge in [-0.15, -0.1) is 13.2 Å². The number of halogens is 3. The van der Waals surface area contributed by atoms with Gasteiger partial charge in [0.1, 0.15) is 5.75 Å². The molecular formula is C15H10F3NO2. The van der Waals surface area contributed by atoms with Gasteiger partial charge in [-0.25, -0.2) is 4.98 Å². The van der Waals surface area contributed by atoms with Crippen molar-refractivity contribution in [3.05, 3.63) is 42.5 Å². The Balaban J connectivity index is 2.29. The minimum Gasteiger partial charge on any atom is -0.481 e. The Morgan fingerprint density at radius 2 is 1.71 bits per heavy atom. The number of hydrogen-bond acceptors (Lipinski definition) is 3. The van der Waals surface area contributed by atoms with Crippen molar-refractivity contribution in [1.29, 1.82) is 0 Å². The maximum absolute atomic E-state index is 12.3. The largest absolute Gasteiger partial charge is 0.573 e. The molecule has 0 aliphatic heterocycles. The minimum atomic E-state index is -4.72. The number of benzene rings is 2. The fourth-order valence-electron chi connectivity index (χ4n) is 2.25. The second-order valence-corrected chi connectivity index (χ2v) is 4.39. The summed E-state index contributed by atoms with van der Waals surface area (Å²) in [5.74, 6) is 0.0932. The van der Waals surface area contributed by atoms with Crippen LogP contribution in [-0.4, -0.2) is 18.5 Å². The van der Waals surface area contributed by atoms with Gasteiger partial charge in [0.05, 0.1) is 12.6 Å². The van der Waals surface area contributed by atoms with Gasteiger partial charge in [0, 0.05) is 16.2 Å². The van der Waals surface area contributed by atoms with Crippen LogP contribution >= 0.6 is 0 Å². The van der Waals surface area contributed by atoms with E-state index in [-0.39, 0.29) is 5.75 Å². The van der Waals surface area contributed by atoms with Crippen LogP contribution < -0.4 is 9.47 Å². The Hall–Kier alpha value is -2.50. The van der Waals surface area contributed by atoms with Gasteiger partial charge in [0.2, 0.25) is 5.88 Å². The Morgan fingerprint density at radius 3 is 2.43 bits per heavy atom. The predicted octanol–water partition coefficient (Wildman–Crippen LogP) is 4.30. The Labute approximate surface area is 117 Å². The van der Waals surface area contributed by atoms with Crippen LogP contribution in [0.1, 0.15) is 0 Å². The van der Waals surface area contributed by atoms with Gasteiger partial charge in [0.15, 0.2) is 0 Å². The lowest BCUT2D eigenvalue weighted by Gasteiger charge is -2.12. The van der Waals surface area contributed by atoms with Gasteiger partial charge in [-0.1, -0.05) is 18.2 Å². The lowest BCUT2D eigenvalue weighted by Crippen LogP contribution is -2.17. The number of aromatic nitrogens is 1. The second-order valence-electron chi connectivity index (χ2n) is 4.39. The third kappa shape index (κ3) is 2.56. The maximum atomic E-state index is 12.3. The van der Waals surface area contributed by atoms with Crippen molar-refractivity contribution in [2.75, 3.05) is 7.11 Å². The summed E-state index contributed by atoms with van der Waals surface area (Å²) in [6.07, 6.45) is -4.72. The lowest BCUT2D eigenvalue weighted by molar-refractivity contribution is -0.274. The summed E-state index contributed by atoms with van der Waals surface area (Å²) in [6.45, 7) is 0. The highest BCUT2D eigenvalue weighted by Gasteiger charge is 2.31. The molecular weight excluding hydrogens is 283 g/mol. The van der Waals surface area contributed by atoms with Crippen LogP contribution in [0.15, 0.2) is 42.5 Å². The van der Waals surface area contributed by atoms with E-state index in [0.717, 1.165) is 5.39 Å². The molecule has 0 amide bonds. The van der Waals surface area contributed by atoms with Crippen LogP contribution in [0.3, 0.4) is 0 Å². The molecule has 0 radical (unpaired) electrons. The zero-order valence-electron chi connectivity index (χ0n) is 10.9. The summed E-state index contributed by atoms with van der Waals surface area (Å²) >= 11 is 0. The molecule has 0 bridgehead atoms. The van der Waals surface area contributed by atoms with E-state index in [2.05, 4.69) is 9.72 Å². The first-order valence-corrected chi connectivity index (χ1v) is 6.10. The fraction of sp³-hybridized carbons (Fsp3) is 0.133. The summed E-state index contributed by atoms with van der Waals surface area (Å²) in [7, 11) is 1.47. The molecule has 1 aromatic heterocycles. The van der Waals surface area contributed by atoms with Crippen molar-refractivity contribution < 1.29 is 22.6 Å². The number of fused-ring (bicyclic) bond motifs is 3. The van der Waals surface area contributed by atoms with Crippen LogP contribution in [0.4, 0.5) is 13.2 Å². The van der Waals surface area contributed by atoms with E-state index in [0.29, 0.717) is 22.2 Å². The zero-order valence-corrected chi connectivity index (χ0v) is 10.9. The van der Waals surface area contributed by atoms with E-state index < -0.39 is 6.36 Å². The van der Waals surface area contributed by atoms with Gasteiger partial charge >= 0.3 is 6.36 Å². The molecule has 1 heterocycles. The minimum absolute atomic E-state index is 0.270. The molecule has 3 aromatic rings. The summed E-state index contributed by atoms with van der Waals surface area (Å²) in [5, 5.41) is 1.96. The predicted molar refractivity (Wildman–Crippen MR) is 72.5 cm³/mol. The topological polar surface area (TPSA) is 31.4 Å². The van der Waals surface area contributed by atoms with Gasteiger partial charge in [-0.05, 0) is 24.3 Å². The van der Waals surface area contributed by atoms with Crippen molar-refractivity contribution in [3.63, 3.8) is 0 Å². The molecule has 6 heteroatoms. The molecule has 0 unspecified atom stereocenters. The highest BCUT2D eigenvalue weighted by molar-refractivity contribution is 6.08. The number of pyridine rings is 1. The number of para-hydroxylation sites is 1. The molecule has 0 aliphatic carbocycles. The van der Waals surface area contributed by atoms with Gasteiger partial charge in [0.25, 0.3) is 0 Å². The third-order valence-corrected chi connectivity index (χ3v) is 3.06. The average Bonchev–Trinajstić information content (AvgIpc) is 2.44. The smallest absolute Gasteiger partial charge is 0.481 e. The Morgan fingerprint density at radius 1 is 0.952 bits per heavy atom. The van der Waals surface area contributed by atoms with E-state index in [9.17, 15) is 13.2 Å². The summed E-state index contributed by atoms with van der Waals surface area (Å²) in [6, 6.07) is 11.3. The first-order valence-electron chi connectivity index (χ1n) is 6.10. The SMILES string of the molecule is COc1nc2ccccc2c2cc(OC(F)(F)F)ccc12. The highest BCUT2D eigenvalue weighted by Crippen LogP contribution is 2.34. The maximum Gasteiger partial charge on any atom is 0.573 e. The Bertz CT molecular complexity index is 815. The zero-order chi connectivity index (χ0) is 15.0. The molecule has 0 atom stereocenters. The van der Waals surface area contributed by atoms with Gasteiger partial charge < -0.3 is 9.47 Å². The Kier molecular flexibility index (Phi) is 3.08. The first kappa shape index (κ1) is 13.5. The van der Waals surface area contributed by atoms with Gasteiger partial charge in [-0.2, -0.15) is 0 Å². The van der Waals surface area contributed by atoms with Crippen molar-refractivity contribution in [2.24, 2.45) is 0 Å². The average molecular weight is 293 g/mol. The number of methoxy groups -OCH3 is 1. The third-order valence-electron chi connectivity index (χ3n) is 3.06. The number of ether oxygens (including phenoxy) is 2. The van der Waals surface area contributed by atoms with Crippen LogP contribution in [0.5, 0.6) is 11.6 Å². The molecule has 3 nitrogen and oxygen atoms in total. The van der Waals surface area contributed by atoms with E-state index >= 15 is 0 Å². The number of hydrogen-bond donors (Lipinski definition) is 0. The first-order chi connectivity index (χ1) is 9.98.